The van der Waals surface area contributed by atoms with Gasteiger partial charge in [0.05, 0.1) is 16.8 Å². The van der Waals surface area contributed by atoms with Crippen molar-refractivity contribution in [2.45, 2.75) is 26.4 Å². The molecule has 0 bridgehead atoms. The number of carbonyl (C=O) groups is 1. The van der Waals surface area contributed by atoms with Crippen molar-refractivity contribution in [3.63, 3.8) is 0 Å². The zero-order valence-corrected chi connectivity index (χ0v) is 15.8. The van der Waals surface area contributed by atoms with Gasteiger partial charge in [0.15, 0.2) is 0 Å². The smallest absolute Gasteiger partial charge is 0.271 e. The first-order chi connectivity index (χ1) is 11.5. The first kappa shape index (κ1) is 18.5. The molecule has 0 aliphatic rings. The number of hydrogen-bond donors (Lipinski definition) is 1. The highest BCUT2D eigenvalue weighted by atomic mass is 79.9. The summed E-state index contributed by atoms with van der Waals surface area (Å²) in [5.41, 5.74) is 3.82. The highest BCUT2D eigenvalue weighted by Gasteiger charge is 2.06. The van der Waals surface area contributed by atoms with Gasteiger partial charge in [-0.15, -0.1) is 0 Å². The molecule has 6 heteroatoms. The van der Waals surface area contributed by atoms with Crippen LogP contribution in [0.5, 0.6) is 5.75 Å². The normalized spacial score (nSPS) is 12.2. The molecule has 0 aliphatic heterocycles. The molecule has 0 saturated carbocycles. The molecule has 2 aromatic rings. The summed E-state index contributed by atoms with van der Waals surface area (Å²) in [7, 11) is 0. The number of ether oxygens (including phenoxy) is 1. The van der Waals surface area contributed by atoms with Crippen molar-refractivity contribution < 1.29 is 9.53 Å². The van der Waals surface area contributed by atoms with Crippen LogP contribution in [0.4, 0.5) is 0 Å². The van der Waals surface area contributed by atoms with E-state index < -0.39 is 0 Å². The Hall–Kier alpha value is -1.85. The fourth-order valence-corrected chi connectivity index (χ4v) is 2.44. The Bertz CT molecular complexity index is 732. The van der Waals surface area contributed by atoms with Crippen LogP contribution in [0, 0.1) is 0 Å². The molecule has 0 heterocycles. The second-order valence-corrected chi connectivity index (χ2v) is 6.52. The van der Waals surface area contributed by atoms with Gasteiger partial charge in [-0.05, 0) is 77.3 Å². The van der Waals surface area contributed by atoms with Crippen LogP contribution >= 0.6 is 27.5 Å². The van der Waals surface area contributed by atoms with Gasteiger partial charge in [-0.25, -0.2) is 5.43 Å². The van der Waals surface area contributed by atoms with E-state index in [2.05, 4.69) is 33.4 Å². The number of amides is 1. The van der Waals surface area contributed by atoms with Crippen molar-refractivity contribution in [2.24, 2.45) is 5.10 Å². The molecule has 24 heavy (non-hydrogen) atoms. The zero-order valence-electron chi connectivity index (χ0n) is 13.4. The highest BCUT2D eigenvalue weighted by molar-refractivity contribution is 9.10. The molecule has 4 nitrogen and oxygen atoms in total. The fraction of sp³-hybridized carbons (Fsp3) is 0.222. The number of hydrogen-bond acceptors (Lipinski definition) is 3. The summed E-state index contributed by atoms with van der Waals surface area (Å²) in [6.45, 7) is 4.09. The monoisotopic (exact) mass is 408 g/mol. The summed E-state index contributed by atoms with van der Waals surface area (Å²) in [4.78, 5) is 11.9. The Balaban J connectivity index is 1.97. The van der Waals surface area contributed by atoms with Crippen LogP contribution in [0.25, 0.3) is 0 Å². The van der Waals surface area contributed by atoms with Crippen LogP contribution in [-0.4, -0.2) is 18.2 Å². The number of hydrazone groups is 1. The van der Waals surface area contributed by atoms with Gasteiger partial charge in [0, 0.05) is 10.6 Å². The molecule has 0 fully saturated rings. The number of nitrogens with zero attached hydrogens (tertiary/aromatic N) is 1. The largest absolute Gasteiger partial charge is 0.490 e. The van der Waals surface area contributed by atoms with Crippen molar-refractivity contribution in [2.75, 3.05) is 0 Å². The van der Waals surface area contributed by atoms with E-state index in [0.29, 0.717) is 10.6 Å². The van der Waals surface area contributed by atoms with E-state index in [-0.39, 0.29) is 12.0 Å². The minimum Gasteiger partial charge on any atom is -0.490 e. The standard InChI is InChI=1S/C18H18BrClN2O2/c1-3-12(2)24-17-9-4-13(10-16(17)19)11-21-22-18(23)14-5-7-15(20)8-6-14/h4-12H,3H2,1-2H3,(H,22,23)/b21-11-/t12-/m0/s1. The Morgan fingerprint density at radius 1 is 1.33 bits per heavy atom. The van der Waals surface area contributed by atoms with Gasteiger partial charge in [-0.3, -0.25) is 4.79 Å². The SMILES string of the molecule is CC[C@H](C)Oc1ccc(/C=N\NC(=O)c2ccc(Cl)cc2)cc1Br. The number of rotatable bonds is 6. The molecule has 1 amide bonds. The molecule has 0 radical (unpaired) electrons. The average molecular weight is 410 g/mol. The lowest BCUT2D eigenvalue weighted by Crippen LogP contribution is -2.17. The Labute approximate surface area is 155 Å². The van der Waals surface area contributed by atoms with Gasteiger partial charge in [-0.2, -0.15) is 5.10 Å². The third-order valence-electron chi connectivity index (χ3n) is 3.35. The van der Waals surface area contributed by atoms with E-state index in [1.54, 1.807) is 30.5 Å². The van der Waals surface area contributed by atoms with E-state index in [0.717, 1.165) is 22.2 Å². The maximum Gasteiger partial charge on any atom is 0.271 e. The van der Waals surface area contributed by atoms with Crippen LogP contribution in [-0.2, 0) is 0 Å². The third-order valence-corrected chi connectivity index (χ3v) is 4.22. The topological polar surface area (TPSA) is 50.7 Å². The minimum atomic E-state index is -0.293. The van der Waals surface area contributed by atoms with Gasteiger partial charge >= 0.3 is 0 Å². The van der Waals surface area contributed by atoms with Gasteiger partial charge in [-0.1, -0.05) is 18.5 Å². The van der Waals surface area contributed by atoms with Crippen molar-refractivity contribution in [1.29, 1.82) is 0 Å². The molecule has 0 aromatic heterocycles. The molecule has 0 unspecified atom stereocenters. The van der Waals surface area contributed by atoms with Gasteiger partial charge in [0.2, 0.25) is 0 Å². The lowest BCUT2D eigenvalue weighted by atomic mass is 10.2. The maximum absolute atomic E-state index is 11.9. The van der Waals surface area contributed by atoms with Crippen LogP contribution in [0.1, 0.15) is 36.2 Å². The summed E-state index contributed by atoms with van der Waals surface area (Å²) in [6.07, 6.45) is 2.66. The van der Waals surface area contributed by atoms with Crippen LogP contribution in [0.3, 0.4) is 0 Å². The molecule has 0 spiro atoms. The van der Waals surface area contributed by atoms with Crippen LogP contribution in [0.2, 0.25) is 5.02 Å². The second kappa shape index (κ2) is 8.85. The summed E-state index contributed by atoms with van der Waals surface area (Å²) in [6, 6.07) is 12.2. The molecule has 0 aliphatic carbocycles. The molecular formula is C18H18BrClN2O2. The lowest BCUT2D eigenvalue weighted by molar-refractivity contribution is 0.0955. The predicted octanol–water partition coefficient (Wildman–Crippen LogP) is 5.04. The van der Waals surface area contributed by atoms with Gasteiger partial charge < -0.3 is 4.74 Å². The Morgan fingerprint density at radius 2 is 2.04 bits per heavy atom. The molecular weight excluding hydrogens is 392 g/mol. The van der Waals surface area contributed by atoms with Gasteiger partial charge in [0.25, 0.3) is 5.91 Å². The van der Waals surface area contributed by atoms with E-state index in [4.69, 9.17) is 16.3 Å². The fourth-order valence-electron chi connectivity index (χ4n) is 1.82. The summed E-state index contributed by atoms with van der Waals surface area (Å²) in [5.74, 6) is 0.491. The number of benzene rings is 2. The average Bonchev–Trinajstić information content (AvgIpc) is 2.57. The molecule has 1 N–H and O–H groups in total. The highest BCUT2D eigenvalue weighted by Crippen LogP contribution is 2.26. The predicted molar refractivity (Wildman–Crippen MR) is 101 cm³/mol. The van der Waals surface area contributed by atoms with Crippen LogP contribution < -0.4 is 10.2 Å². The Kier molecular flexibility index (Phi) is 6.82. The molecule has 0 saturated heterocycles. The summed E-state index contributed by atoms with van der Waals surface area (Å²) in [5, 5.41) is 4.55. The van der Waals surface area contributed by atoms with E-state index in [1.165, 1.54) is 0 Å². The van der Waals surface area contributed by atoms with E-state index in [9.17, 15) is 4.79 Å². The zero-order chi connectivity index (χ0) is 17.5. The van der Waals surface area contributed by atoms with E-state index >= 15 is 0 Å². The van der Waals surface area contributed by atoms with Crippen molar-refractivity contribution in [3.05, 3.63) is 63.1 Å². The van der Waals surface area contributed by atoms with Crippen LogP contribution in [0.15, 0.2) is 52.0 Å². The third kappa shape index (κ3) is 5.35. The number of nitrogens with one attached hydrogen (secondary N) is 1. The summed E-state index contributed by atoms with van der Waals surface area (Å²) < 4.78 is 6.63. The maximum atomic E-state index is 11.9. The number of halogens is 2. The first-order valence-electron chi connectivity index (χ1n) is 7.54. The minimum absolute atomic E-state index is 0.152. The van der Waals surface area contributed by atoms with Gasteiger partial charge in [0.1, 0.15) is 5.75 Å². The first-order valence-corrected chi connectivity index (χ1v) is 8.72. The molecule has 126 valence electrons. The summed E-state index contributed by atoms with van der Waals surface area (Å²) >= 11 is 9.28. The molecule has 2 aromatic carbocycles. The number of carbonyl (C=O) groups excluding carboxylic acids is 1. The molecule has 2 rings (SSSR count). The molecule has 1 atom stereocenters. The van der Waals surface area contributed by atoms with Crippen molar-refractivity contribution >= 4 is 39.7 Å². The van der Waals surface area contributed by atoms with Crippen molar-refractivity contribution in [1.82, 2.24) is 5.43 Å². The van der Waals surface area contributed by atoms with Crippen molar-refractivity contribution in [3.8, 4) is 5.75 Å². The Morgan fingerprint density at radius 3 is 2.67 bits per heavy atom. The second-order valence-electron chi connectivity index (χ2n) is 5.23. The quantitative estimate of drug-likeness (QED) is 0.536. The lowest BCUT2D eigenvalue weighted by Gasteiger charge is -2.14. The van der Waals surface area contributed by atoms with E-state index in [1.807, 2.05) is 25.1 Å².